The zero-order valence-corrected chi connectivity index (χ0v) is 14.6. The van der Waals surface area contributed by atoms with Gasteiger partial charge in [-0.25, -0.2) is 9.67 Å². The van der Waals surface area contributed by atoms with Crippen molar-refractivity contribution < 1.29 is 4.79 Å². The van der Waals surface area contributed by atoms with Crippen molar-refractivity contribution in [1.29, 1.82) is 0 Å². The number of aryl methyl sites for hydroxylation is 1. The lowest BCUT2D eigenvalue weighted by Gasteiger charge is -2.09. The molecule has 25 heavy (non-hydrogen) atoms. The Labute approximate surface area is 149 Å². The van der Waals surface area contributed by atoms with Crippen molar-refractivity contribution in [2.75, 3.05) is 12.3 Å². The van der Waals surface area contributed by atoms with Crippen molar-refractivity contribution in [2.24, 2.45) is 0 Å². The Morgan fingerprint density at radius 3 is 2.68 bits per heavy atom. The number of pyridine rings is 1. The molecule has 0 aliphatic rings. The van der Waals surface area contributed by atoms with Crippen LogP contribution in [-0.4, -0.2) is 33.0 Å². The second kappa shape index (κ2) is 7.94. The van der Waals surface area contributed by atoms with Gasteiger partial charge in [0.15, 0.2) is 0 Å². The van der Waals surface area contributed by atoms with Crippen LogP contribution in [0, 0.1) is 6.92 Å². The van der Waals surface area contributed by atoms with Crippen LogP contribution in [0.25, 0.3) is 10.8 Å². The van der Waals surface area contributed by atoms with E-state index in [2.05, 4.69) is 15.4 Å². The summed E-state index contributed by atoms with van der Waals surface area (Å²) in [5, 5.41) is 9.36. The molecular weight excluding hydrogens is 336 g/mol. The first-order chi connectivity index (χ1) is 12.1. The molecule has 3 rings (SSSR count). The van der Waals surface area contributed by atoms with Gasteiger partial charge in [-0.2, -0.15) is 5.10 Å². The molecule has 0 radical (unpaired) electrons. The lowest BCUT2D eigenvalue weighted by Crippen LogP contribution is -2.35. The minimum absolute atomic E-state index is 0.0846. The summed E-state index contributed by atoms with van der Waals surface area (Å²) in [6.07, 6.45) is 1.74. The Bertz CT molecular complexity index is 941. The molecule has 0 aliphatic carbocycles. The number of carbonyl (C=O) groups excluding carboxylic acids is 1. The molecular formula is C18H18N4O2S. The molecule has 0 aliphatic heterocycles. The first kappa shape index (κ1) is 17.2. The zero-order chi connectivity index (χ0) is 17.6. The Balaban J connectivity index is 1.59. The number of fused-ring (bicyclic) bond motifs is 1. The summed E-state index contributed by atoms with van der Waals surface area (Å²) < 4.78 is 1.22. The van der Waals surface area contributed by atoms with Crippen LogP contribution >= 0.6 is 11.8 Å². The van der Waals surface area contributed by atoms with Gasteiger partial charge < -0.3 is 5.32 Å². The van der Waals surface area contributed by atoms with Crippen LogP contribution in [0.1, 0.15) is 5.69 Å². The fourth-order valence-electron chi connectivity index (χ4n) is 2.48. The van der Waals surface area contributed by atoms with E-state index in [-0.39, 0.29) is 18.0 Å². The minimum Gasteiger partial charge on any atom is -0.354 e. The first-order valence-corrected chi connectivity index (χ1v) is 8.91. The monoisotopic (exact) mass is 354 g/mol. The number of nitrogens with zero attached hydrogens (tertiary/aromatic N) is 3. The van der Waals surface area contributed by atoms with E-state index in [1.807, 2.05) is 43.3 Å². The molecule has 0 atom stereocenters. The summed E-state index contributed by atoms with van der Waals surface area (Å²) in [5.74, 6) is 0.480. The predicted octanol–water partition coefficient (Wildman–Crippen LogP) is 2.01. The molecule has 1 aromatic carbocycles. The van der Waals surface area contributed by atoms with Gasteiger partial charge in [0.25, 0.3) is 5.56 Å². The topological polar surface area (TPSA) is 76.9 Å². The number of rotatable bonds is 6. The Hall–Kier alpha value is -2.67. The maximum atomic E-state index is 12.4. The molecule has 0 spiro atoms. The van der Waals surface area contributed by atoms with Crippen molar-refractivity contribution in [3.8, 4) is 0 Å². The minimum atomic E-state index is -0.251. The molecule has 2 heterocycles. The summed E-state index contributed by atoms with van der Waals surface area (Å²) in [5.41, 5.74) is 0.480. The highest BCUT2D eigenvalue weighted by atomic mass is 32.2. The second-order valence-electron chi connectivity index (χ2n) is 5.46. The Morgan fingerprint density at radius 1 is 1.16 bits per heavy atom. The van der Waals surface area contributed by atoms with Crippen molar-refractivity contribution >= 4 is 28.4 Å². The quantitative estimate of drug-likeness (QED) is 0.541. The average molecular weight is 354 g/mol. The van der Waals surface area contributed by atoms with Gasteiger partial charge in [0.05, 0.1) is 16.1 Å². The summed E-state index contributed by atoms with van der Waals surface area (Å²) in [6, 6.07) is 13.0. The third-order valence-electron chi connectivity index (χ3n) is 3.66. The van der Waals surface area contributed by atoms with Crippen molar-refractivity contribution in [1.82, 2.24) is 20.1 Å². The van der Waals surface area contributed by atoms with E-state index in [9.17, 15) is 9.59 Å². The second-order valence-corrected chi connectivity index (χ2v) is 6.58. The highest BCUT2D eigenvalue weighted by Crippen LogP contribution is 2.13. The number of benzene rings is 1. The lowest BCUT2D eigenvalue weighted by atomic mass is 10.1. The van der Waals surface area contributed by atoms with Crippen molar-refractivity contribution in [3.63, 3.8) is 0 Å². The van der Waals surface area contributed by atoms with Crippen molar-refractivity contribution in [2.45, 2.75) is 18.5 Å². The van der Waals surface area contributed by atoms with E-state index < -0.39 is 0 Å². The summed E-state index contributed by atoms with van der Waals surface area (Å²) in [7, 11) is 0. The van der Waals surface area contributed by atoms with E-state index in [1.165, 1.54) is 4.68 Å². The predicted molar refractivity (Wildman–Crippen MR) is 98.7 cm³/mol. The van der Waals surface area contributed by atoms with Gasteiger partial charge in [0.1, 0.15) is 6.54 Å². The molecule has 2 aromatic heterocycles. The molecule has 1 N–H and O–H groups in total. The van der Waals surface area contributed by atoms with Crippen LogP contribution < -0.4 is 10.9 Å². The highest BCUT2D eigenvalue weighted by Gasteiger charge is 2.10. The zero-order valence-electron chi connectivity index (χ0n) is 13.8. The van der Waals surface area contributed by atoms with Crippen LogP contribution in [0.3, 0.4) is 0 Å². The number of thioether (sulfide) groups is 1. The molecule has 3 aromatic rings. The number of hydrogen-bond donors (Lipinski definition) is 1. The fraction of sp³-hybridized carbons (Fsp3) is 0.222. The van der Waals surface area contributed by atoms with Gasteiger partial charge in [-0.3, -0.25) is 9.59 Å². The largest absolute Gasteiger partial charge is 0.354 e. The number of aromatic nitrogens is 3. The van der Waals surface area contributed by atoms with Gasteiger partial charge >= 0.3 is 0 Å². The summed E-state index contributed by atoms with van der Waals surface area (Å²) >= 11 is 1.57. The van der Waals surface area contributed by atoms with Crippen LogP contribution in [0.4, 0.5) is 0 Å². The fourth-order valence-corrected chi connectivity index (χ4v) is 3.21. The molecule has 6 nitrogen and oxygen atoms in total. The van der Waals surface area contributed by atoms with Gasteiger partial charge in [-0.15, -0.1) is 11.8 Å². The molecule has 0 bridgehead atoms. The van der Waals surface area contributed by atoms with Gasteiger partial charge in [0.2, 0.25) is 5.91 Å². The third kappa shape index (κ3) is 4.24. The van der Waals surface area contributed by atoms with E-state index in [1.54, 1.807) is 24.0 Å². The molecule has 1 amide bonds. The van der Waals surface area contributed by atoms with Crippen LogP contribution in [-0.2, 0) is 11.3 Å². The number of nitrogens with one attached hydrogen (secondary N) is 1. The maximum Gasteiger partial charge on any atom is 0.275 e. The van der Waals surface area contributed by atoms with Gasteiger partial charge in [-0.1, -0.05) is 24.3 Å². The van der Waals surface area contributed by atoms with E-state index in [4.69, 9.17) is 0 Å². The normalized spacial score (nSPS) is 10.8. The van der Waals surface area contributed by atoms with E-state index in [0.717, 1.165) is 16.1 Å². The molecule has 0 fully saturated rings. The average Bonchev–Trinajstić information content (AvgIpc) is 2.64. The van der Waals surface area contributed by atoms with E-state index in [0.29, 0.717) is 17.7 Å². The van der Waals surface area contributed by atoms with Gasteiger partial charge in [0, 0.05) is 23.9 Å². The highest BCUT2D eigenvalue weighted by molar-refractivity contribution is 7.99. The Morgan fingerprint density at radius 2 is 1.92 bits per heavy atom. The molecule has 0 saturated heterocycles. The van der Waals surface area contributed by atoms with Gasteiger partial charge in [-0.05, 0) is 25.1 Å². The lowest BCUT2D eigenvalue weighted by molar-refractivity contribution is -0.121. The third-order valence-corrected chi connectivity index (χ3v) is 4.60. The standard InChI is InChI=1S/C18H18N4O2S/c1-13-14-6-2-3-7-15(14)18(24)22(21-13)12-16(23)19-10-11-25-17-8-4-5-9-20-17/h2-9H,10-12H2,1H3,(H,19,23). The maximum absolute atomic E-state index is 12.4. The summed E-state index contributed by atoms with van der Waals surface area (Å²) in [4.78, 5) is 28.7. The molecule has 7 heteroatoms. The Kier molecular flexibility index (Phi) is 5.45. The van der Waals surface area contributed by atoms with Crippen LogP contribution in [0.2, 0.25) is 0 Å². The number of amides is 1. The van der Waals surface area contributed by atoms with E-state index >= 15 is 0 Å². The SMILES string of the molecule is Cc1nn(CC(=O)NCCSc2ccccn2)c(=O)c2ccccc12. The van der Waals surface area contributed by atoms with Crippen LogP contribution in [0.5, 0.6) is 0 Å². The number of carbonyl (C=O) groups is 1. The molecule has 0 saturated carbocycles. The smallest absolute Gasteiger partial charge is 0.275 e. The van der Waals surface area contributed by atoms with Crippen LogP contribution in [0.15, 0.2) is 58.5 Å². The molecule has 0 unspecified atom stereocenters. The molecule has 128 valence electrons. The number of hydrogen-bond acceptors (Lipinski definition) is 5. The summed E-state index contributed by atoms with van der Waals surface area (Å²) in [6.45, 7) is 2.25. The van der Waals surface area contributed by atoms with Crippen molar-refractivity contribution in [3.05, 3.63) is 64.7 Å². The first-order valence-electron chi connectivity index (χ1n) is 7.92.